The van der Waals surface area contributed by atoms with Gasteiger partial charge >= 0.3 is 0 Å². The lowest BCUT2D eigenvalue weighted by Gasteiger charge is -2.11. The van der Waals surface area contributed by atoms with Crippen LogP contribution in [0.1, 0.15) is 5.56 Å². The first-order valence-electron chi connectivity index (χ1n) is 5.53. The van der Waals surface area contributed by atoms with Gasteiger partial charge in [0.25, 0.3) is 10.0 Å². The molecule has 0 aliphatic heterocycles. The van der Waals surface area contributed by atoms with Crippen molar-refractivity contribution in [3.63, 3.8) is 0 Å². The van der Waals surface area contributed by atoms with E-state index in [2.05, 4.69) is 43.2 Å². The molecule has 0 amide bonds. The van der Waals surface area contributed by atoms with Crippen molar-refractivity contribution in [3.8, 4) is 0 Å². The Morgan fingerprint density at radius 1 is 1.20 bits per heavy atom. The number of benzene rings is 2. The van der Waals surface area contributed by atoms with Crippen LogP contribution in [0.3, 0.4) is 0 Å². The maximum atomic E-state index is 13.4. The van der Waals surface area contributed by atoms with Gasteiger partial charge in [-0.2, -0.15) is 0 Å². The van der Waals surface area contributed by atoms with Crippen molar-refractivity contribution in [1.29, 1.82) is 0 Å². The van der Waals surface area contributed by atoms with Gasteiger partial charge in [-0.05, 0) is 87.4 Å². The van der Waals surface area contributed by atoms with Crippen LogP contribution in [0.2, 0.25) is 0 Å². The largest absolute Gasteiger partial charge is 0.279 e. The minimum Gasteiger partial charge on any atom is -0.279 e. The van der Waals surface area contributed by atoms with Crippen LogP contribution in [0.5, 0.6) is 0 Å². The Morgan fingerprint density at radius 2 is 1.90 bits per heavy atom. The van der Waals surface area contributed by atoms with E-state index in [-0.39, 0.29) is 9.37 Å². The smallest absolute Gasteiger partial charge is 0.262 e. The van der Waals surface area contributed by atoms with Gasteiger partial charge in [0.1, 0.15) is 5.82 Å². The summed E-state index contributed by atoms with van der Waals surface area (Å²) >= 11 is 5.14. The first-order valence-corrected chi connectivity index (χ1v) is 8.89. The number of rotatable bonds is 3. The highest BCUT2D eigenvalue weighted by Gasteiger charge is 2.17. The molecule has 1 N–H and O–H groups in total. The van der Waals surface area contributed by atoms with Crippen molar-refractivity contribution < 1.29 is 12.8 Å². The molecule has 3 nitrogen and oxygen atoms in total. The molecule has 2 rings (SSSR count). The summed E-state index contributed by atoms with van der Waals surface area (Å²) in [6.07, 6.45) is 0. The minimum atomic E-state index is -3.80. The second-order valence-corrected chi connectivity index (χ2v) is 7.92. The maximum absolute atomic E-state index is 13.4. The van der Waals surface area contributed by atoms with Gasteiger partial charge in [-0.25, -0.2) is 12.8 Å². The maximum Gasteiger partial charge on any atom is 0.262 e. The molecule has 2 aromatic rings. The van der Waals surface area contributed by atoms with Crippen molar-refractivity contribution in [1.82, 2.24) is 0 Å². The lowest BCUT2D eigenvalue weighted by atomic mass is 10.2. The molecule has 20 heavy (non-hydrogen) atoms. The second kappa shape index (κ2) is 5.98. The molecule has 0 aromatic heterocycles. The lowest BCUT2D eigenvalue weighted by molar-refractivity contribution is 0.593. The second-order valence-electron chi connectivity index (χ2n) is 4.14. The van der Waals surface area contributed by atoms with Gasteiger partial charge in [-0.1, -0.05) is 0 Å². The fourth-order valence-electron chi connectivity index (χ4n) is 1.59. The van der Waals surface area contributed by atoms with E-state index < -0.39 is 15.8 Å². The summed E-state index contributed by atoms with van der Waals surface area (Å²) in [5, 5.41) is 0. The molecule has 0 saturated carbocycles. The van der Waals surface area contributed by atoms with E-state index in [0.29, 0.717) is 5.69 Å². The molecule has 0 saturated heterocycles. The third kappa shape index (κ3) is 3.50. The first-order chi connectivity index (χ1) is 9.29. The van der Waals surface area contributed by atoms with Crippen LogP contribution >= 0.6 is 38.5 Å². The van der Waals surface area contributed by atoms with Gasteiger partial charge in [0.05, 0.1) is 15.1 Å². The van der Waals surface area contributed by atoms with Crippen LogP contribution in [-0.4, -0.2) is 8.42 Å². The van der Waals surface area contributed by atoms with Crippen LogP contribution in [0, 0.1) is 16.3 Å². The summed E-state index contributed by atoms with van der Waals surface area (Å²) in [5.74, 6) is -0.618. The van der Waals surface area contributed by atoms with E-state index in [1.54, 1.807) is 12.1 Å². The molecule has 2 aromatic carbocycles. The van der Waals surface area contributed by atoms with Crippen LogP contribution in [-0.2, 0) is 10.0 Å². The molecule has 0 bridgehead atoms. The first kappa shape index (κ1) is 15.7. The van der Waals surface area contributed by atoms with Gasteiger partial charge < -0.3 is 0 Å². The van der Waals surface area contributed by atoms with E-state index >= 15 is 0 Å². The number of halogens is 3. The normalized spacial score (nSPS) is 11.4. The molecule has 0 fully saturated rings. The Balaban J connectivity index is 2.38. The Kier molecular flexibility index (Phi) is 4.70. The van der Waals surface area contributed by atoms with Crippen molar-refractivity contribution >= 4 is 54.2 Å². The molecule has 0 heterocycles. The van der Waals surface area contributed by atoms with Crippen molar-refractivity contribution in [2.75, 3.05) is 4.72 Å². The number of nitrogens with one attached hydrogen (secondary N) is 1. The fraction of sp³-hybridized carbons (Fsp3) is 0.0769. The molecular formula is C13H10BrFINO2S. The average Bonchev–Trinajstić information content (AvgIpc) is 2.36. The third-order valence-electron chi connectivity index (χ3n) is 2.63. The van der Waals surface area contributed by atoms with Gasteiger partial charge in [0.2, 0.25) is 0 Å². The summed E-state index contributed by atoms with van der Waals surface area (Å²) in [4.78, 5) is -0.115. The molecular weight excluding hydrogens is 460 g/mol. The quantitative estimate of drug-likeness (QED) is 0.681. The molecule has 0 radical (unpaired) electrons. The summed E-state index contributed by atoms with van der Waals surface area (Å²) < 4.78 is 41.6. The summed E-state index contributed by atoms with van der Waals surface area (Å²) in [6, 6.07) is 9.04. The molecule has 0 unspecified atom stereocenters. The van der Waals surface area contributed by atoms with E-state index in [0.717, 1.165) is 15.2 Å². The van der Waals surface area contributed by atoms with Crippen molar-refractivity contribution in [2.24, 2.45) is 0 Å². The standard InChI is InChI=1S/C13H10BrFINO2S/c1-8-6-9(16)2-5-13(8)17-20(18,19)10-3-4-11(14)12(15)7-10/h2-7,17H,1H3. The zero-order valence-corrected chi connectivity index (χ0v) is 14.9. The van der Waals surface area contributed by atoms with Crippen molar-refractivity contribution in [3.05, 3.63) is 55.8 Å². The predicted octanol–water partition coefficient (Wildman–Crippen LogP) is 4.30. The predicted molar refractivity (Wildman–Crippen MR) is 88.8 cm³/mol. The molecule has 106 valence electrons. The summed E-state index contributed by atoms with van der Waals surface area (Å²) in [5.41, 5.74) is 1.28. The fourth-order valence-corrected chi connectivity index (χ4v) is 3.63. The molecule has 0 atom stereocenters. The number of hydrogen-bond donors (Lipinski definition) is 1. The van der Waals surface area contributed by atoms with E-state index in [4.69, 9.17) is 0 Å². The highest BCUT2D eigenvalue weighted by Crippen LogP contribution is 2.24. The SMILES string of the molecule is Cc1cc(I)ccc1NS(=O)(=O)c1ccc(Br)c(F)c1. The molecule has 0 aliphatic rings. The summed E-state index contributed by atoms with van der Waals surface area (Å²) in [7, 11) is -3.80. The zero-order chi connectivity index (χ0) is 14.9. The Hall–Kier alpha value is -0.670. The number of sulfonamides is 1. The Bertz CT molecular complexity index is 765. The van der Waals surface area contributed by atoms with Crippen LogP contribution in [0.15, 0.2) is 45.8 Å². The molecule has 0 aliphatic carbocycles. The number of anilines is 1. The van der Waals surface area contributed by atoms with Crippen LogP contribution in [0.4, 0.5) is 10.1 Å². The van der Waals surface area contributed by atoms with Crippen molar-refractivity contribution in [2.45, 2.75) is 11.8 Å². The zero-order valence-electron chi connectivity index (χ0n) is 10.3. The third-order valence-corrected chi connectivity index (χ3v) is 5.31. The molecule has 7 heteroatoms. The highest BCUT2D eigenvalue weighted by molar-refractivity contribution is 14.1. The van der Waals surface area contributed by atoms with E-state index in [1.807, 2.05) is 13.0 Å². The lowest BCUT2D eigenvalue weighted by Crippen LogP contribution is -2.14. The summed E-state index contributed by atoms with van der Waals surface area (Å²) in [6.45, 7) is 1.81. The van der Waals surface area contributed by atoms with E-state index in [9.17, 15) is 12.8 Å². The Morgan fingerprint density at radius 3 is 2.50 bits per heavy atom. The van der Waals surface area contributed by atoms with Gasteiger partial charge in [0, 0.05) is 3.57 Å². The number of aryl methyl sites for hydroxylation is 1. The number of hydrogen-bond acceptors (Lipinski definition) is 2. The average molecular weight is 470 g/mol. The topological polar surface area (TPSA) is 46.2 Å². The molecule has 0 spiro atoms. The van der Waals surface area contributed by atoms with Crippen LogP contribution in [0.25, 0.3) is 0 Å². The minimum absolute atomic E-state index is 0.115. The Labute approximate surface area is 138 Å². The highest BCUT2D eigenvalue weighted by atomic mass is 127. The van der Waals surface area contributed by atoms with Gasteiger partial charge in [-0.3, -0.25) is 4.72 Å². The van der Waals surface area contributed by atoms with Gasteiger partial charge in [-0.15, -0.1) is 0 Å². The van der Waals surface area contributed by atoms with E-state index in [1.165, 1.54) is 12.1 Å². The van der Waals surface area contributed by atoms with Gasteiger partial charge in [0.15, 0.2) is 0 Å². The monoisotopic (exact) mass is 469 g/mol. The van der Waals surface area contributed by atoms with Crippen LogP contribution < -0.4 is 4.72 Å².